The monoisotopic (exact) mass is 317 g/mol. The van der Waals surface area contributed by atoms with Crippen LogP contribution < -0.4 is 4.90 Å². The molecule has 0 atom stereocenters. The van der Waals surface area contributed by atoms with Gasteiger partial charge in [0.2, 0.25) is 11.9 Å². The van der Waals surface area contributed by atoms with E-state index in [4.69, 9.17) is 0 Å². The predicted octanol–water partition coefficient (Wildman–Crippen LogP) is 1.52. The van der Waals surface area contributed by atoms with Crippen molar-refractivity contribution < 1.29 is 4.79 Å². The molecular formula is C15H19N5OS. The molecule has 1 saturated heterocycles. The molecule has 1 amide bonds. The summed E-state index contributed by atoms with van der Waals surface area (Å²) < 4.78 is 0. The van der Waals surface area contributed by atoms with Crippen molar-refractivity contribution >= 4 is 23.2 Å². The van der Waals surface area contributed by atoms with Crippen LogP contribution in [-0.4, -0.2) is 51.9 Å². The fourth-order valence-corrected chi connectivity index (χ4v) is 3.17. The predicted molar refractivity (Wildman–Crippen MR) is 86.0 cm³/mol. The molecule has 1 aliphatic rings. The first kappa shape index (κ1) is 14.9. The molecule has 3 heterocycles. The lowest BCUT2D eigenvalue weighted by molar-refractivity contribution is -0.131. The Morgan fingerprint density at radius 3 is 2.59 bits per heavy atom. The van der Waals surface area contributed by atoms with Crippen LogP contribution in [0.25, 0.3) is 0 Å². The molecule has 7 heteroatoms. The van der Waals surface area contributed by atoms with Gasteiger partial charge in [0.1, 0.15) is 0 Å². The van der Waals surface area contributed by atoms with Crippen LogP contribution >= 0.6 is 11.3 Å². The smallest absolute Gasteiger partial charge is 0.225 e. The summed E-state index contributed by atoms with van der Waals surface area (Å²) in [6.45, 7) is 5.01. The van der Waals surface area contributed by atoms with Gasteiger partial charge in [0.25, 0.3) is 0 Å². The summed E-state index contributed by atoms with van der Waals surface area (Å²) in [5.41, 5.74) is 1.02. The summed E-state index contributed by atoms with van der Waals surface area (Å²) in [6, 6.07) is 1.81. The zero-order valence-electron chi connectivity index (χ0n) is 12.6. The van der Waals surface area contributed by atoms with Gasteiger partial charge in [0, 0.05) is 50.4 Å². The van der Waals surface area contributed by atoms with Crippen LogP contribution in [-0.2, 0) is 11.2 Å². The van der Waals surface area contributed by atoms with E-state index in [2.05, 4.69) is 19.9 Å². The third-order valence-electron chi connectivity index (χ3n) is 3.73. The summed E-state index contributed by atoms with van der Waals surface area (Å²) >= 11 is 1.63. The molecule has 0 unspecified atom stereocenters. The van der Waals surface area contributed by atoms with Gasteiger partial charge in [-0.1, -0.05) is 0 Å². The van der Waals surface area contributed by atoms with Crippen molar-refractivity contribution in [2.24, 2.45) is 0 Å². The second kappa shape index (κ2) is 6.83. The number of carbonyl (C=O) groups excluding carboxylic acids is 1. The van der Waals surface area contributed by atoms with Crippen molar-refractivity contribution in [3.8, 4) is 0 Å². The molecule has 0 radical (unpaired) electrons. The molecule has 0 spiro atoms. The zero-order valence-corrected chi connectivity index (χ0v) is 13.4. The summed E-state index contributed by atoms with van der Waals surface area (Å²) in [7, 11) is 0. The maximum absolute atomic E-state index is 12.3. The Labute approximate surface area is 133 Å². The number of carbonyl (C=O) groups is 1. The van der Waals surface area contributed by atoms with Crippen molar-refractivity contribution in [1.29, 1.82) is 0 Å². The van der Waals surface area contributed by atoms with Crippen LogP contribution in [0.1, 0.15) is 17.1 Å². The molecule has 2 aromatic rings. The van der Waals surface area contributed by atoms with Crippen LogP contribution in [0.5, 0.6) is 0 Å². The lowest BCUT2D eigenvalue weighted by Crippen LogP contribution is -2.49. The fourth-order valence-electron chi connectivity index (χ4n) is 2.53. The maximum atomic E-state index is 12.3. The highest BCUT2D eigenvalue weighted by molar-refractivity contribution is 7.09. The van der Waals surface area contributed by atoms with Crippen LogP contribution in [0, 0.1) is 6.92 Å². The number of amides is 1. The number of hydrogen-bond donors (Lipinski definition) is 0. The van der Waals surface area contributed by atoms with Crippen molar-refractivity contribution in [3.05, 3.63) is 34.5 Å². The normalized spacial score (nSPS) is 15.1. The molecule has 0 aromatic carbocycles. The topological polar surface area (TPSA) is 62.2 Å². The van der Waals surface area contributed by atoms with Gasteiger partial charge < -0.3 is 9.80 Å². The van der Waals surface area contributed by atoms with Gasteiger partial charge in [0.15, 0.2) is 0 Å². The quantitative estimate of drug-likeness (QED) is 0.855. The van der Waals surface area contributed by atoms with Crippen LogP contribution in [0.15, 0.2) is 23.8 Å². The average molecular weight is 317 g/mol. The van der Waals surface area contributed by atoms with Crippen molar-refractivity contribution in [3.63, 3.8) is 0 Å². The Kier molecular flexibility index (Phi) is 4.62. The van der Waals surface area contributed by atoms with E-state index in [1.807, 2.05) is 23.3 Å². The van der Waals surface area contributed by atoms with Gasteiger partial charge in [-0.3, -0.25) is 4.79 Å². The standard InChI is InChI=1S/C15H19N5OS/c1-12-18-13(11-22-12)3-4-14(21)19-7-9-20(10-8-19)15-16-5-2-6-17-15/h2,5-6,11H,3-4,7-10H2,1H3. The molecular weight excluding hydrogens is 298 g/mol. The summed E-state index contributed by atoms with van der Waals surface area (Å²) in [6.07, 6.45) is 4.75. The molecule has 1 fully saturated rings. The second-order valence-electron chi connectivity index (χ2n) is 5.27. The highest BCUT2D eigenvalue weighted by atomic mass is 32.1. The average Bonchev–Trinajstić information content (AvgIpc) is 2.99. The molecule has 0 saturated carbocycles. The Hall–Kier alpha value is -2.02. The molecule has 0 bridgehead atoms. The number of aromatic nitrogens is 3. The molecule has 3 rings (SSSR count). The van der Waals surface area contributed by atoms with Crippen molar-refractivity contribution in [2.45, 2.75) is 19.8 Å². The molecule has 1 aliphatic heterocycles. The van der Waals surface area contributed by atoms with E-state index in [0.717, 1.165) is 49.2 Å². The Morgan fingerprint density at radius 1 is 1.23 bits per heavy atom. The number of anilines is 1. The van der Waals surface area contributed by atoms with E-state index in [1.165, 1.54) is 0 Å². The number of hydrogen-bond acceptors (Lipinski definition) is 6. The highest BCUT2D eigenvalue weighted by Gasteiger charge is 2.22. The van der Waals surface area contributed by atoms with Crippen molar-refractivity contribution in [2.75, 3.05) is 31.1 Å². The fraction of sp³-hybridized carbons (Fsp3) is 0.467. The molecule has 0 aliphatic carbocycles. The Morgan fingerprint density at radius 2 is 1.95 bits per heavy atom. The third-order valence-corrected chi connectivity index (χ3v) is 4.55. The van der Waals surface area contributed by atoms with Gasteiger partial charge in [-0.25, -0.2) is 15.0 Å². The first-order valence-electron chi connectivity index (χ1n) is 7.43. The van der Waals surface area contributed by atoms with Gasteiger partial charge in [-0.15, -0.1) is 11.3 Å². The molecule has 0 N–H and O–H groups in total. The molecule has 6 nitrogen and oxygen atoms in total. The number of piperazine rings is 1. The third kappa shape index (κ3) is 3.59. The van der Waals surface area contributed by atoms with Crippen LogP contribution in [0.3, 0.4) is 0 Å². The first-order chi connectivity index (χ1) is 10.7. The van der Waals surface area contributed by atoms with Gasteiger partial charge in [0.05, 0.1) is 10.7 Å². The molecule has 22 heavy (non-hydrogen) atoms. The van der Waals surface area contributed by atoms with E-state index in [9.17, 15) is 4.79 Å². The van der Waals surface area contributed by atoms with Crippen molar-refractivity contribution in [1.82, 2.24) is 19.9 Å². The van der Waals surface area contributed by atoms with Crippen LogP contribution in [0.2, 0.25) is 0 Å². The summed E-state index contributed by atoms with van der Waals surface area (Å²) in [5, 5.41) is 3.09. The minimum absolute atomic E-state index is 0.208. The lowest BCUT2D eigenvalue weighted by Gasteiger charge is -2.34. The maximum Gasteiger partial charge on any atom is 0.225 e. The number of nitrogens with zero attached hydrogens (tertiary/aromatic N) is 5. The number of rotatable bonds is 4. The summed E-state index contributed by atoms with van der Waals surface area (Å²) in [4.78, 5) is 29.2. The second-order valence-corrected chi connectivity index (χ2v) is 6.34. The number of aryl methyl sites for hydroxylation is 2. The van der Waals surface area contributed by atoms with E-state index in [1.54, 1.807) is 23.7 Å². The Balaban J connectivity index is 1.47. The SMILES string of the molecule is Cc1nc(CCC(=O)N2CCN(c3ncccn3)CC2)cs1. The van der Waals surface area contributed by atoms with Crippen LogP contribution in [0.4, 0.5) is 5.95 Å². The van der Waals surface area contributed by atoms with Gasteiger partial charge in [-0.2, -0.15) is 0 Å². The number of thiazole rings is 1. The van der Waals surface area contributed by atoms with E-state index in [0.29, 0.717) is 6.42 Å². The van der Waals surface area contributed by atoms with Gasteiger partial charge in [-0.05, 0) is 19.4 Å². The Bertz CT molecular complexity index is 622. The molecule has 116 valence electrons. The molecule has 2 aromatic heterocycles. The minimum Gasteiger partial charge on any atom is -0.339 e. The van der Waals surface area contributed by atoms with E-state index >= 15 is 0 Å². The first-order valence-corrected chi connectivity index (χ1v) is 8.31. The van der Waals surface area contributed by atoms with Gasteiger partial charge >= 0.3 is 0 Å². The minimum atomic E-state index is 0.208. The largest absolute Gasteiger partial charge is 0.339 e. The zero-order chi connectivity index (χ0) is 15.4. The highest BCUT2D eigenvalue weighted by Crippen LogP contribution is 2.13. The van der Waals surface area contributed by atoms with E-state index < -0.39 is 0 Å². The van der Waals surface area contributed by atoms with E-state index in [-0.39, 0.29) is 5.91 Å². The summed E-state index contributed by atoms with van der Waals surface area (Å²) in [5.74, 6) is 0.951. The lowest BCUT2D eigenvalue weighted by atomic mass is 10.2.